The Morgan fingerprint density at radius 1 is 1.02 bits per heavy atom. The predicted octanol–water partition coefficient (Wildman–Crippen LogP) is 6.53. The highest BCUT2D eigenvalue weighted by Crippen LogP contribution is 2.61. The third kappa shape index (κ3) is 6.71. The fourth-order valence-electron chi connectivity index (χ4n) is 8.92. The molecule has 2 aliphatic carbocycles. The van der Waals surface area contributed by atoms with Crippen molar-refractivity contribution in [3.8, 4) is 17.2 Å². The van der Waals surface area contributed by atoms with Crippen LogP contribution in [0.25, 0.3) is 6.08 Å². The third-order valence-electron chi connectivity index (χ3n) is 11.5. The maximum Gasteiger partial charge on any atom is 0.417 e. The van der Waals surface area contributed by atoms with Crippen LogP contribution in [0.3, 0.4) is 0 Å². The summed E-state index contributed by atoms with van der Waals surface area (Å²) in [5.41, 5.74) is 1.06. The first-order valence-corrected chi connectivity index (χ1v) is 18.8. The summed E-state index contributed by atoms with van der Waals surface area (Å²) in [6.07, 6.45) is 0.660. The first kappa shape index (κ1) is 40.6. The number of aromatic hydroxyl groups is 1. The molecule has 4 aliphatic rings. The minimum atomic E-state index is -4.78. The number of alkyl halides is 3. The van der Waals surface area contributed by atoms with Crippen LogP contribution < -0.4 is 14.9 Å². The van der Waals surface area contributed by atoms with Crippen LogP contribution in [0.1, 0.15) is 42.4 Å². The van der Waals surface area contributed by atoms with Gasteiger partial charge in [0.25, 0.3) is 11.8 Å². The zero-order valence-corrected chi connectivity index (χ0v) is 32.3. The molecule has 1 aromatic heterocycles. The highest BCUT2D eigenvalue weighted by molar-refractivity contribution is 6.33. The molecular formula is C40H35Cl2F3N4O9. The number of hydrogen-bond donors (Lipinski definition) is 3. The Hall–Kier alpha value is -5.61. The third-order valence-corrected chi connectivity index (χ3v) is 12.0. The topological polar surface area (TPSA) is 176 Å². The minimum Gasteiger partial charge on any atom is -0.502 e. The zero-order chi connectivity index (χ0) is 41.8. The summed E-state index contributed by atoms with van der Waals surface area (Å²) >= 11 is 12.6. The highest BCUT2D eigenvalue weighted by atomic mass is 35.5. The number of phenols is 1. The van der Waals surface area contributed by atoms with Crippen molar-refractivity contribution in [2.24, 2.45) is 29.6 Å². The molecule has 3 fully saturated rings. The second-order valence-corrected chi connectivity index (χ2v) is 15.3. The maximum atomic E-state index is 15.3. The van der Waals surface area contributed by atoms with Crippen molar-refractivity contribution in [2.45, 2.75) is 37.3 Å². The molecule has 304 valence electrons. The molecule has 58 heavy (non-hydrogen) atoms. The lowest BCUT2D eigenvalue weighted by Gasteiger charge is -2.49. The SMILES string of the molecule is COc1cc(C=C[C@H]2C3=CC[C@@H]4C(=O)N(CCCC(=O)O)C(=O)[C@@H]4[C@@H]3C[C@H]3C(=O)N(Nc4ncc(C(F)(F)F)cc4Cl)C(=O)[C@@]23c2ccc(Cl)cc2)cc(OC)c1O. The number of aliphatic carboxylic acids is 1. The van der Waals surface area contributed by atoms with E-state index in [9.17, 15) is 42.6 Å². The summed E-state index contributed by atoms with van der Waals surface area (Å²) in [4.78, 5) is 74.0. The Labute approximate surface area is 339 Å². The molecule has 2 aliphatic heterocycles. The second-order valence-electron chi connectivity index (χ2n) is 14.4. The van der Waals surface area contributed by atoms with Crippen molar-refractivity contribution < 1.29 is 56.8 Å². The number of ether oxygens (including phenoxy) is 2. The lowest BCUT2D eigenvalue weighted by atomic mass is 9.50. The van der Waals surface area contributed by atoms with Crippen LogP contribution in [0.15, 0.2) is 66.4 Å². The lowest BCUT2D eigenvalue weighted by Crippen LogP contribution is -2.54. The number of carboxylic acids is 1. The van der Waals surface area contributed by atoms with E-state index in [1.165, 1.54) is 26.4 Å². The van der Waals surface area contributed by atoms with E-state index in [1.54, 1.807) is 42.5 Å². The Kier molecular flexibility index (Phi) is 10.7. The quantitative estimate of drug-likeness (QED) is 0.142. The summed E-state index contributed by atoms with van der Waals surface area (Å²) in [7, 11) is 2.70. The van der Waals surface area contributed by atoms with Gasteiger partial charge in [-0.25, -0.2) is 4.98 Å². The first-order valence-electron chi connectivity index (χ1n) is 18.1. The van der Waals surface area contributed by atoms with Crippen molar-refractivity contribution in [1.29, 1.82) is 0 Å². The number of methoxy groups -OCH3 is 2. The van der Waals surface area contributed by atoms with Crippen molar-refractivity contribution in [3.05, 3.63) is 93.1 Å². The largest absolute Gasteiger partial charge is 0.502 e. The number of anilines is 1. The number of hydrazine groups is 1. The molecule has 0 spiro atoms. The Balaban J connectivity index is 1.39. The number of amides is 4. The van der Waals surface area contributed by atoms with Gasteiger partial charge in [0.2, 0.25) is 17.6 Å². The molecule has 1 saturated carbocycles. The molecule has 13 nitrogen and oxygen atoms in total. The molecule has 0 bridgehead atoms. The number of allylic oxidation sites excluding steroid dienone is 3. The van der Waals surface area contributed by atoms with Crippen LogP contribution in [0.4, 0.5) is 19.0 Å². The number of pyridine rings is 1. The van der Waals surface area contributed by atoms with Crippen LogP contribution in [0, 0.1) is 29.6 Å². The molecule has 3 heterocycles. The maximum absolute atomic E-state index is 15.3. The van der Waals surface area contributed by atoms with E-state index in [4.69, 9.17) is 32.7 Å². The van der Waals surface area contributed by atoms with Crippen molar-refractivity contribution in [1.82, 2.24) is 14.9 Å². The molecule has 6 atom stereocenters. The molecular weight excluding hydrogens is 808 g/mol. The number of carboxylic acid groups (broad SMARTS) is 1. The predicted molar refractivity (Wildman–Crippen MR) is 201 cm³/mol. The van der Waals surface area contributed by atoms with Gasteiger partial charge in [-0.2, -0.15) is 18.2 Å². The molecule has 18 heteroatoms. The van der Waals surface area contributed by atoms with Gasteiger partial charge >= 0.3 is 12.1 Å². The molecule has 4 amide bonds. The number of fused-ring (bicyclic) bond motifs is 4. The zero-order valence-electron chi connectivity index (χ0n) is 30.8. The normalized spacial score (nSPS) is 25.4. The molecule has 2 saturated heterocycles. The monoisotopic (exact) mass is 842 g/mol. The number of nitrogens with one attached hydrogen (secondary N) is 1. The number of phenolic OH excluding ortho intramolecular Hbond substituents is 1. The van der Waals surface area contributed by atoms with Gasteiger partial charge in [0.15, 0.2) is 17.3 Å². The van der Waals surface area contributed by atoms with E-state index < -0.39 is 87.2 Å². The Bertz CT molecular complexity index is 2260. The molecule has 0 radical (unpaired) electrons. The van der Waals surface area contributed by atoms with Gasteiger partial charge in [-0.15, -0.1) is 0 Å². The van der Waals surface area contributed by atoms with E-state index in [0.717, 1.165) is 4.90 Å². The summed E-state index contributed by atoms with van der Waals surface area (Å²) < 4.78 is 51.2. The van der Waals surface area contributed by atoms with Crippen molar-refractivity contribution in [3.63, 3.8) is 0 Å². The second kappa shape index (κ2) is 15.3. The highest BCUT2D eigenvalue weighted by Gasteiger charge is 2.69. The average Bonchev–Trinajstić information content (AvgIpc) is 3.55. The van der Waals surface area contributed by atoms with Crippen LogP contribution in [-0.2, 0) is 35.6 Å². The fourth-order valence-corrected chi connectivity index (χ4v) is 9.25. The first-order chi connectivity index (χ1) is 27.5. The standard InChI is InChI=1S/C40H35Cl2F3N4O9/c1-57-29-14-19(15-30(58-2)33(29)52)5-12-26-23-10-11-24-32(37(55)48(35(24)53)13-3-4-31(50)51)25(23)17-27-36(54)49(38(56)39(26,27)20-6-8-22(41)9-7-20)47-34-28(42)16-21(18-46-34)40(43,44)45/h5-10,12,14-16,18,24-27,32,52H,3-4,11,13,17H2,1-2H3,(H,46,47)(H,50,51)/t24-,25+,26-,27-,32-,39-/m0/s1. The number of likely N-dealkylation sites (tertiary alicyclic amines) is 1. The number of aromatic nitrogens is 1. The number of rotatable bonds is 11. The minimum absolute atomic E-state index is 0.0403. The van der Waals surface area contributed by atoms with Crippen LogP contribution in [-0.4, -0.2) is 75.5 Å². The van der Waals surface area contributed by atoms with Gasteiger partial charge in [0, 0.05) is 30.1 Å². The van der Waals surface area contributed by atoms with Gasteiger partial charge in [0.05, 0.1) is 48.0 Å². The average molecular weight is 844 g/mol. The van der Waals surface area contributed by atoms with E-state index >= 15 is 4.79 Å². The summed E-state index contributed by atoms with van der Waals surface area (Å²) in [5, 5.41) is 20.3. The fraction of sp³-hybridized carbons (Fsp3) is 0.350. The van der Waals surface area contributed by atoms with Gasteiger partial charge in [-0.3, -0.25) is 34.3 Å². The van der Waals surface area contributed by atoms with Gasteiger partial charge in [-0.1, -0.05) is 59.1 Å². The smallest absolute Gasteiger partial charge is 0.417 e. The molecule has 3 N–H and O–H groups in total. The van der Waals surface area contributed by atoms with Gasteiger partial charge < -0.3 is 19.7 Å². The number of benzene rings is 2. The number of imide groups is 2. The number of halogens is 5. The van der Waals surface area contributed by atoms with E-state index in [2.05, 4.69) is 10.4 Å². The Morgan fingerprint density at radius 3 is 2.29 bits per heavy atom. The summed E-state index contributed by atoms with van der Waals surface area (Å²) in [5.74, 6) is -8.90. The van der Waals surface area contributed by atoms with Crippen molar-refractivity contribution >= 4 is 64.7 Å². The van der Waals surface area contributed by atoms with E-state index in [-0.39, 0.29) is 49.5 Å². The molecule has 2 aromatic carbocycles. The molecule has 0 unspecified atom stereocenters. The van der Waals surface area contributed by atoms with Crippen molar-refractivity contribution in [2.75, 3.05) is 26.2 Å². The van der Waals surface area contributed by atoms with Gasteiger partial charge in [0.1, 0.15) is 0 Å². The van der Waals surface area contributed by atoms with E-state index in [1.807, 2.05) is 0 Å². The number of hydrogen-bond acceptors (Lipinski definition) is 10. The summed E-state index contributed by atoms with van der Waals surface area (Å²) in [6, 6.07) is 9.95. The van der Waals surface area contributed by atoms with Gasteiger partial charge in [-0.05, 0) is 66.6 Å². The molecule has 3 aromatic rings. The number of carbonyl (C=O) groups is 5. The van der Waals surface area contributed by atoms with Crippen LogP contribution in [0.5, 0.6) is 17.2 Å². The molecule has 7 rings (SSSR count). The lowest BCUT2D eigenvalue weighted by molar-refractivity contribution is -0.142. The van der Waals surface area contributed by atoms with Crippen LogP contribution >= 0.6 is 23.2 Å². The Morgan fingerprint density at radius 2 is 1.69 bits per heavy atom. The summed E-state index contributed by atoms with van der Waals surface area (Å²) in [6.45, 7) is -0.110. The number of carbonyl (C=O) groups excluding carboxylic acids is 4. The number of nitrogens with zero attached hydrogens (tertiary/aromatic N) is 3. The van der Waals surface area contributed by atoms with E-state index in [0.29, 0.717) is 39.0 Å². The van der Waals surface area contributed by atoms with Crippen LogP contribution in [0.2, 0.25) is 10.0 Å².